The first-order valence-electron chi connectivity index (χ1n) is 6.89. The zero-order valence-electron chi connectivity index (χ0n) is 12.2. The molecule has 0 heterocycles. The average Bonchev–Trinajstić information content (AvgIpc) is 2.48. The summed E-state index contributed by atoms with van der Waals surface area (Å²) in [4.78, 5) is 11.8. The molecule has 0 atom stereocenters. The number of nitrogens with one attached hydrogen (secondary N) is 1. The molecule has 0 radical (unpaired) electrons. The molecular formula is C17H19NO3. The Morgan fingerprint density at radius 3 is 2.52 bits per heavy atom. The van der Waals surface area contributed by atoms with Crippen LogP contribution in [0.4, 0.5) is 5.69 Å². The number of aromatic hydroxyl groups is 1. The lowest BCUT2D eigenvalue weighted by Gasteiger charge is -2.09. The van der Waals surface area contributed by atoms with E-state index in [0.717, 1.165) is 12.0 Å². The summed E-state index contributed by atoms with van der Waals surface area (Å²) < 4.78 is 5.41. The minimum Gasteiger partial charge on any atom is -0.506 e. The Morgan fingerprint density at radius 2 is 1.90 bits per heavy atom. The molecule has 4 heteroatoms. The Kier molecular flexibility index (Phi) is 4.82. The van der Waals surface area contributed by atoms with Gasteiger partial charge in [-0.05, 0) is 48.7 Å². The molecule has 4 nitrogen and oxygen atoms in total. The van der Waals surface area contributed by atoms with Gasteiger partial charge >= 0.3 is 0 Å². The average molecular weight is 285 g/mol. The number of hydrogen-bond acceptors (Lipinski definition) is 3. The summed E-state index contributed by atoms with van der Waals surface area (Å²) >= 11 is 0. The van der Waals surface area contributed by atoms with E-state index in [4.69, 9.17) is 4.74 Å². The normalized spacial score (nSPS) is 10.2. The Hall–Kier alpha value is -2.49. The standard InChI is InChI=1S/C17H19NO3/c1-3-13-5-7-14(8-6-13)21-11-17(20)18-15-9-4-12(2)10-16(15)19/h4-10,19H,3,11H2,1-2H3,(H,18,20). The lowest BCUT2D eigenvalue weighted by molar-refractivity contribution is -0.118. The van der Waals surface area contributed by atoms with Gasteiger partial charge in [0.15, 0.2) is 6.61 Å². The molecule has 0 aliphatic carbocycles. The second-order valence-electron chi connectivity index (χ2n) is 4.85. The van der Waals surface area contributed by atoms with E-state index in [0.29, 0.717) is 11.4 Å². The second-order valence-corrected chi connectivity index (χ2v) is 4.85. The maximum absolute atomic E-state index is 11.8. The summed E-state index contributed by atoms with van der Waals surface area (Å²) in [5.41, 5.74) is 2.53. The minimum absolute atomic E-state index is 0.0515. The van der Waals surface area contributed by atoms with Gasteiger partial charge in [-0.25, -0.2) is 0 Å². The van der Waals surface area contributed by atoms with E-state index in [9.17, 15) is 9.90 Å². The fraction of sp³-hybridized carbons (Fsp3) is 0.235. The molecule has 21 heavy (non-hydrogen) atoms. The molecule has 0 spiro atoms. The number of anilines is 1. The Balaban J connectivity index is 1.89. The molecule has 0 saturated heterocycles. The summed E-state index contributed by atoms with van der Waals surface area (Å²) in [6.07, 6.45) is 0.966. The molecule has 0 bridgehead atoms. The van der Waals surface area contributed by atoms with Crippen molar-refractivity contribution in [2.75, 3.05) is 11.9 Å². The van der Waals surface area contributed by atoms with E-state index < -0.39 is 0 Å². The summed E-state index contributed by atoms with van der Waals surface area (Å²) in [5.74, 6) is 0.389. The van der Waals surface area contributed by atoms with Crippen LogP contribution in [0.1, 0.15) is 18.1 Å². The molecule has 2 aromatic rings. The molecule has 0 aromatic heterocycles. The number of hydrogen-bond donors (Lipinski definition) is 2. The Bertz CT molecular complexity index is 620. The van der Waals surface area contributed by atoms with Crippen LogP contribution in [-0.2, 0) is 11.2 Å². The molecule has 2 aromatic carbocycles. The number of carbonyl (C=O) groups is 1. The molecule has 0 unspecified atom stereocenters. The van der Waals surface area contributed by atoms with Gasteiger partial charge in [-0.1, -0.05) is 25.1 Å². The molecule has 0 fully saturated rings. The van der Waals surface area contributed by atoms with Crippen molar-refractivity contribution in [2.24, 2.45) is 0 Å². The summed E-state index contributed by atoms with van der Waals surface area (Å²) in [5, 5.41) is 12.3. The Labute approximate surface area is 124 Å². The van der Waals surface area contributed by atoms with Crippen molar-refractivity contribution in [1.82, 2.24) is 0 Å². The van der Waals surface area contributed by atoms with Crippen LogP contribution in [-0.4, -0.2) is 17.6 Å². The summed E-state index contributed by atoms with van der Waals surface area (Å²) in [6, 6.07) is 12.7. The first kappa shape index (κ1) is 14.9. The van der Waals surface area contributed by atoms with E-state index in [1.165, 1.54) is 5.56 Å². The molecular weight excluding hydrogens is 266 g/mol. The van der Waals surface area contributed by atoms with Crippen LogP contribution in [0, 0.1) is 6.92 Å². The lowest BCUT2D eigenvalue weighted by Crippen LogP contribution is -2.20. The lowest BCUT2D eigenvalue weighted by atomic mass is 10.2. The van der Waals surface area contributed by atoms with Crippen molar-refractivity contribution >= 4 is 11.6 Å². The van der Waals surface area contributed by atoms with E-state index in [1.54, 1.807) is 12.1 Å². The summed E-state index contributed by atoms with van der Waals surface area (Å²) in [7, 11) is 0. The molecule has 0 aliphatic rings. The third-order valence-electron chi connectivity index (χ3n) is 3.13. The highest BCUT2D eigenvalue weighted by molar-refractivity contribution is 5.93. The number of benzene rings is 2. The van der Waals surface area contributed by atoms with E-state index >= 15 is 0 Å². The van der Waals surface area contributed by atoms with Gasteiger partial charge < -0.3 is 15.2 Å². The van der Waals surface area contributed by atoms with Crippen LogP contribution in [0.2, 0.25) is 0 Å². The SMILES string of the molecule is CCc1ccc(OCC(=O)Nc2ccc(C)cc2O)cc1. The zero-order valence-corrected chi connectivity index (χ0v) is 12.2. The van der Waals surface area contributed by atoms with Gasteiger partial charge in [0.05, 0.1) is 5.69 Å². The maximum Gasteiger partial charge on any atom is 0.262 e. The maximum atomic E-state index is 11.8. The third-order valence-corrected chi connectivity index (χ3v) is 3.13. The van der Waals surface area contributed by atoms with Crippen molar-refractivity contribution in [3.05, 3.63) is 53.6 Å². The highest BCUT2D eigenvalue weighted by atomic mass is 16.5. The van der Waals surface area contributed by atoms with Gasteiger partial charge in [-0.2, -0.15) is 0 Å². The van der Waals surface area contributed by atoms with Crippen LogP contribution >= 0.6 is 0 Å². The van der Waals surface area contributed by atoms with Gasteiger partial charge in [0.25, 0.3) is 5.91 Å². The number of phenolic OH excluding ortho intramolecular Hbond substituents is 1. The van der Waals surface area contributed by atoms with Crippen molar-refractivity contribution in [3.8, 4) is 11.5 Å². The minimum atomic E-state index is -0.311. The van der Waals surface area contributed by atoms with Crippen molar-refractivity contribution in [2.45, 2.75) is 20.3 Å². The predicted octanol–water partition coefficient (Wildman–Crippen LogP) is 3.28. The molecule has 2 rings (SSSR count). The second kappa shape index (κ2) is 6.79. The highest BCUT2D eigenvalue weighted by Gasteiger charge is 2.07. The van der Waals surface area contributed by atoms with Gasteiger partial charge in [-0.3, -0.25) is 4.79 Å². The van der Waals surface area contributed by atoms with Gasteiger partial charge in [-0.15, -0.1) is 0 Å². The molecule has 1 amide bonds. The molecule has 0 aliphatic heterocycles. The molecule has 0 saturated carbocycles. The van der Waals surface area contributed by atoms with Gasteiger partial charge in [0.2, 0.25) is 0 Å². The van der Waals surface area contributed by atoms with E-state index in [1.807, 2.05) is 37.3 Å². The quantitative estimate of drug-likeness (QED) is 0.829. The number of rotatable bonds is 5. The first-order valence-corrected chi connectivity index (χ1v) is 6.89. The van der Waals surface area contributed by atoms with Crippen LogP contribution in [0.15, 0.2) is 42.5 Å². The highest BCUT2D eigenvalue weighted by Crippen LogP contribution is 2.23. The van der Waals surface area contributed by atoms with Crippen LogP contribution in [0.3, 0.4) is 0 Å². The third kappa shape index (κ3) is 4.24. The van der Waals surface area contributed by atoms with Crippen LogP contribution < -0.4 is 10.1 Å². The van der Waals surface area contributed by atoms with Crippen LogP contribution in [0.5, 0.6) is 11.5 Å². The zero-order chi connectivity index (χ0) is 15.2. The number of amides is 1. The number of aryl methyl sites for hydroxylation is 2. The summed E-state index contributed by atoms with van der Waals surface area (Å²) in [6.45, 7) is 3.85. The van der Waals surface area contributed by atoms with Gasteiger partial charge in [0.1, 0.15) is 11.5 Å². The van der Waals surface area contributed by atoms with E-state index in [-0.39, 0.29) is 18.3 Å². The number of ether oxygens (including phenoxy) is 1. The van der Waals surface area contributed by atoms with Crippen molar-refractivity contribution < 1.29 is 14.6 Å². The molecule has 110 valence electrons. The predicted molar refractivity (Wildman–Crippen MR) is 82.8 cm³/mol. The number of carbonyl (C=O) groups excluding carboxylic acids is 1. The number of phenols is 1. The van der Waals surface area contributed by atoms with Gasteiger partial charge in [0, 0.05) is 0 Å². The van der Waals surface area contributed by atoms with Crippen molar-refractivity contribution in [1.29, 1.82) is 0 Å². The first-order chi connectivity index (χ1) is 10.1. The topological polar surface area (TPSA) is 58.6 Å². The van der Waals surface area contributed by atoms with Crippen LogP contribution in [0.25, 0.3) is 0 Å². The van der Waals surface area contributed by atoms with Crippen molar-refractivity contribution in [3.63, 3.8) is 0 Å². The monoisotopic (exact) mass is 285 g/mol. The molecule has 2 N–H and O–H groups in total. The van der Waals surface area contributed by atoms with E-state index in [2.05, 4.69) is 12.2 Å². The Morgan fingerprint density at radius 1 is 1.19 bits per heavy atom. The largest absolute Gasteiger partial charge is 0.506 e. The smallest absolute Gasteiger partial charge is 0.262 e. The fourth-order valence-electron chi connectivity index (χ4n) is 1.90. The fourth-order valence-corrected chi connectivity index (χ4v) is 1.90.